The summed E-state index contributed by atoms with van der Waals surface area (Å²) >= 11 is 3.53. The van der Waals surface area contributed by atoms with E-state index in [1.807, 2.05) is 12.1 Å². The van der Waals surface area contributed by atoms with Gasteiger partial charge in [0.1, 0.15) is 5.82 Å². The fraction of sp³-hybridized carbons (Fsp3) is 0.286. The first-order chi connectivity index (χ1) is 9.19. The number of hydrogen-bond acceptors (Lipinski definition) is 4. The van der Waals surface area contributed by atoms with Gasteiger partial charge in [-0.15, -0.1) is 0 Å². The molecule has 0 aliphatic carbocycles. The highest BCUT2D eigenvalue weighted by atomic mass is 79.9. The Morgan fingerprint density at radius 2 is 2.11 bits per heavy atom. The third kappa shape index (κ3) is 3.92. The van der Waals surface area contributed by atoms with E-state index in [1.165, 1.54) is 5.56 Å². The van der Waals surface area contributed by atoms with Crippen LogP contribution in [0.25, 0.3) is 0 Å². The number of rotatable bonds is 5. The largest absolute Gasteiger partial charge is 0.354 e. The smallest absolute Gasteiger partial charge is 0.224 e. The highest BCUT2D eigenvalue weighted by Gasteiger charge is 2.03. The van der Waals surface area contributed by atoms with Crippen molar-refractivity contribution in [2.75, 3.05) is 17.2 Å². The lowest BCUT2D eigenvalue weighted by atomic mass is 10.2. The van der Waals surface area contributed by atoms with Crippen LogP contribution in [-0.4, -0.2) is 16.5 Å². The second-order valence-corrected chi connectivity index (χ2v) is 5.15. The molecule has 0 bridgehead atoms. The molecule has 2 rings (SSSR count). The Labute approximate surface area is 121 Å². The molecule has 0 saturated carbocycles. The van der Waals surface area contributed by atoms with Crippen LogP contribution in [0.1, 0.15) is 18.9 Å². The summed E-state index contributed by atoms with van der Waals surface area (Å²) < 4.78 is 1.01. The van der Waals surface area contributed by atoms with Crippen LogP contribution in [0, 0.1) is 6.92 Å². The minimum absolute atomic E-state index is 0.649. The number of aromatic nitrogens is 2. The molecule has 1 aromatic heterocycles. The minimum Gasteiger partial charge on any atom is -0.354 e. The van der Waals surface area contributed by atoms with Gasteiger partial charge in [0.05, 0.1) is 5.69 Å². The van der Waals surface area contributed by atoms with Crippen LogP contribution in [0.4, 0.5) is 17.5 Å². The van der Waals surface area contributed by atoms with Crippen molar-refractivity contribution in [3.8, 4) is 0 Å². The van der Waals surface area contributed by atoms with Crippen molar-refractivity contribution in [3.05, 3.63) is 40.5 Å². The zero-order chi connectivity index (χ0) is 13.7. The molecule has 100 valence electrons. The van der Waals surface area contributed by atoms with Crippen LogP contribution in [0.3, 0.4) is 0 Å². The predicted octanol–water partition coefficient (Wildman–Crippen LogP) is 4.11. The number of halogens is 1. The molecule has 0 aliphatic rings. The summed E-state index contributed by atoms with van der Waals surface area (Å²) in [6.07, 6.45) is 2.79. The summed E-state index contributed by atoms with van der Waals surface area (Å²) in [6, 6.07) is 8.01. The fourth-order valence-electron chi connectivity index (χ4n) is 1.62. The van der Waals surface area contributed by atoms with E-state index in [9.17, 15) is 0 Å². The molecule has 1 aromatic carbocycles. The Bertz CT molecular complexity index is 557. The van der Waals surface area contributed by atoms with Crippen molar-refractivity contribution in [3.63, 3.8) is 0 Å². The van der Waals surface area contributed by atoms with E-state index >= 15 is 0 Å². The van der Waals surface area contributed by atoms with Crippen molar-refractivity contribution >= 4 is 33.4 Å². The maximum atomic E-state index is 4.42. The van der Waals surface area contributed by atoms with Gasteiger partial charge in [0.15, 0.2) is 0 Å². The molecule has 2 N–H and O–H groups in total. The molecule has 0 spiro atoms. The highest BCUT2D eigenvalue weighted by molar-refractivity contribution is 9.10. The molecular formula is C14H17BrN4. The summed E-state index contributed by atoms with van der Waals surface area (Å²) in [5.41, 5.74) is 2.20. The third-order valence-corrected chi connectivity index (χ3v) is 3.26. The Hall–Kier alpha value is -1.62. The predicted molar refractivity (Wildman–Crippen MR) is 83.0 cm³/mol. The van der Waals surface area contributed by atoms with Gasteiger partial charge in [0.25, 0.3) is 0 Å². The molecule has 1 heterocycles. The first-order valence-electron chi connectivity index (χ1n) is 6.29. The van der Waals surface area contributed by atoms with Gasteiger partial charge in [-0.05, 0) is 53.0 Å². The quantitative estimate of drug-likeness (QED) is 0.870. The molecule has 5 heteroatoms. The van der Waals surface area contributed by atoms with Crippen LogP contribution < -0.4 is 10.6 Å². The van der Waals surface area contributed by atoms with E-state index in [0.717, 1.165) is 28.9 Å². The Balaban J connectivity index is 2.16. The number of nitrogens with one attached hydrogen (secondary N) is 2. The van der Waals surface area contributed by atoms with Gasteiger partial charge in [-0.1, -0.05) is 13.0 Å². The van der Waals surface area contributed by atoms with Crippen molar-refractivity contribution in [1.82, 2.24) is 9.97 Å². The van der Waals surface area contributed by atoms with Gasteiger partial charge in [0, 0.05) is 17.2 Å². The average molecular weight is 321 g/mol. The molecule has 0 aliphatic heterocycles. The molecule has 4 nitrogen and oxygen atoms in total. The molecule has 0 saturated heterocycles. The number of anilines is 3. The van der Waals surface area contributed by atoms with Crippen molar-refractivity contribution in [1.29, 1.82) is 0 Å². The number of aryl methyl sites for hydroxylation is 1. The zero-order valence-electron chi connectivity index (χ0n) is 11.1. The first-order valence-corrected chi connectivity index (χ1v) is 7.08. The van der Waals surface area contributed by atoms with E-state index < -0.39 is 0 Å². The lowest BCUT2D eigenvalue weighted by Crippen LogP contribution is -2.05. The summed E-state index contributed by atoms with van der Waals surface area (Å²) in [6.45, 7) is 5.04. The molecular weight excluding hydrogens is 304 g/mol. The number of nitrogens with zero attached hydrogens (tertiary/aromatic N) is 2. The second kappa shape index (κ2) is 6.52. The molecule has 0 fully saturated rings. The zero-order valence-corrected chi connectivity index (χ0v) is 12.7. The molecule has 0 radical (unpaired) electrons. The lowest BCUT2D eigenvalue weighted by Gasteiger charge is -2.10. The number of benzene rings is 1. The Morgan fingerprint density at radius 1 is 1.26 bits per heavy atom. The van der Waals surface area contributed by atoms with Crippen LogP contribution in [0.15, 0.2) is 34.9 Å². The molecule has 0 unspecified atom stereocenters. The summed E-state index contributed by atoms with van der Waals surface area (Å²) in [5.74, 6) is 1.43. The minimum atomic E-state index is 0.649. The van der Waals surface area contributed by atoms with Gasteiger partial charge in [-0.25, -0.2) is 4.98 Å². The fourth-order valence-corrected chi connectivity index (χ4v) is 1.97. The van der Waals surface area contributed by atoms with Crippen LogP contribution >= 0.6 is 15.9 Å². The highest BCUT2D eigenvalue weighted by Crippen LogP contribution is 2.26. The summed E-state index contributed by atoms with van der Waals surface area (Å²) in [5, 5.41) is 6.46. The third-order valence-electron chi connectivity index (χ3n) is 2.57. The van der Waals surface area contributed by atoms with Gasteiger partial charge in [0.2, 0.25) is 5.95 Å². The number of hydrogen-bond donors (Lipinski definition) is 2. The average Bonchev–Trinajstić information content (AvgIpc) is 2.41. The van der Waals surface area contributed by atoms with E-state index in [2.05, 4.69) is 62.5 Å². The van der Waals surface area contributed by atoms with E-state index in [4.69, 9.17) is 0 Å². The van der Waals surface area contributed by atoms with E-state index in [0.29, 0.717) is 5.95 Å². The van der Waals surface area contributed by atoms with E-state index in [1.54, 1.807) is 6.20 Å². The van der Waals surface area contributed by atoms with Gasteiger partial charge < -0.3 is 10.6 Å². The normalized spacial score (nSPS) is 10.3. The van der Waals surface area contributed by atoms with Crippen molar-refractivity contribution in [2.45, 2.75) is 20.3 Å². The standard InChI is InChI=1S/C14H17BrN4/c1-3-7-16-14-17-8-6-13(19-14)18-12-9-10(2)4-5-11(12)15/h4-6,8-9H,3,7H2,1-2H3,(H2,16,17,18,19). The summed E-state index contributed by atoms with van der Waals surface area (Å²) in [4.78, 5) is 8.61. The van der Waals surface area contributed by atoms with Gasteiger partial charge in [-0.2, -0.15) is 4.98 Å². The van der Waals surface area contributed by atoms with Crippen LogP contribution in [0.2, 0.25) is 0 Å². The Kier molecular flexibility index (Phi) is 4.74. The van der Waals surface area contributed by atoms with E-state index in [-0.39, 0.29) is 0 Å². The van der Waals surface area contributed by atoms with Crippen molar-refractivity contribution in [2.24, 2.45) is 0 Å². The summed E-state index contributed by atoms with van der Waals surface area (Å²) in [7, 11) is 0. The lowest BCUT2D eigenvalue weighted by molar-refractivity contribution is 0.953. The maximum Gasteiger partial charge on any atom is 0.224 e. The van der Waals surface area contributed by atoms with Crippen LogP contribution in [-0.2, 0) is 0 Å². The van der Waals surface area contributed by atoms with Crippen LogP contribution in [0.5, 0.6) is 0 Å². The molecule has 0 atom stereocenters. The van der Waals surface area contributed by atoms with Crippen molar-refractivity contribution < 1.29 is 0 Å². The molecule has 2 aromatic rings. The molecule has 0 amide bonds. The maximum absolute atomic E-state index is 4.42. The van der Waals surface area contributed by atoms with Gasteiger partial charge >= 0.3 is 0 Å². The molecule has 19 heavy (non-hydrogen) atoms. The SMILES string of the molecule is CCCNc1nccc(Nc2cc(C)ccc2Br)n1. The monoisotopic (exact) mass is 320 g/mol. The topological polar surface area (TPSA) is 49.8 Å². The second-order valence-electron chi connectivity index (χ2n) is 4.30. The Morgan fingerprint density at radius 3 is 2.89 bits per heavy atom. The van der Waals surface area contributed by atoms with Gasteiger partial charge in [-0.3, -0.25) is 0 Å². The first kappa shape index (κ1) is 13.8.